The third kappa shape index (κ3) is 2.32. The van der Waals surface area contributed by atoms with Crippen LogP contribution in [0.5, 0.6) is 0 Å². The SMILES string of the molecule is CC(CNCC1CC1C)=C1CNC1. The van der Waals surface area contributed by atoms with Gasteiger partial charge in [-0.3, -0.25) is 0 Å². The molecule has 2 nitrogen and oxygen atoms in total. The molecule has 2 heteroatoms. The molecule has 1 aliphatic heterocycles. The van der Waals surface area contributed by atoms with Gasteiger partial charge in [-0.15, -0.1) is 0 Å². The second-order valence-corrected chi connectivity index (χ2v) is 4.59. The highest BCUT2D eigenvalue weighted by Gasteiger charge is 2.31. The van der Waals surface area contributed by atoms with Crippen LogP contribution < -0.4 is 10.6 Å². The van der Waals surface area contributed by atoms with Crippen LogP contribution in [0.3, 0.4) is 0 Å². The molecular weight excluding hydrogens is 160 g/mol. The summed E-state index contributed by atoms with van der Waals surface area (Å²) in [6, 6.07) is 0. The Morgan fingerprint density at radius 2 is 2.23 bits per heavy atom. The van der Waals surface area contributed by atoms with Crippen molar-refractivity contribution in [2.24, 2.45) is 11.8 Å². The standard InChI is InChI=1S/C11H20N2/c1-8-3-10(8)5-12-4-9(2)11-6-13-7-11/h8,10,12-13H,3-7H2,1-2H3. The van der Waals surface area contributed by atoms with Gasteiger partial charge in [-0.2, -0.15) is 0 Å². The van der Waals surface area contributed by atoms with E-state index < -0.39 is 0 Å². The van der Waals surface area contributed by atoms with Crippen LogP contribution in [0.15, 0.2) is 11.1 Å². The first kappa shape index (κ1) is 9.22. The van der Waals surface area contributed by atoms with Gasteiger partial charge in [0.25, 0.3) is 0 Å². The Kier molecular flexibility index (Phi) is 2.70. The smallest absolute Gasteiger partial charge is 0.0183 e. The molecule has 1 heterocycles. The van der Waals surface area contributed by atoms with Crippen molar-refractivity contribution in [3.8, 4) is 0 Å². The normalized spacial score (nSPS) is 31.4. The third-order valence-corrected chi connectivity index (χ3v) is 3.35. The lowest BCUT2D eigenvalue weighted by molar-refractivity contribution is 0.614. The molecule has 74 valence electrons. The molecule has 0 radical (unpaired) electrons. The molecule has 0 spiro atoms. The van der Waals surface area contributed by atoms with Crippen molar-refractivity contribution in [1.82, 2.24) is 10.6 Å². The Bertz CT molecular complexity index is 214. The van der Waals surface area contributed by atoms with Gasteiger partial charge in [-0.25, -0.2) is 0 Å². The fourth-order valence-corrected chi connectivity index (χ4v) is 1.81. The van der Waals surface area contributed by atoms with Gasteiger partial charge in [-0.05, 0) is 37.3 Å². The summed E-state index contributed by atoms with van der Waals surface area (Å²) in [5, 5.41) is 6.82. The molecule has 1 saturated carbocycles. The Morgan fingerprint density at radius 3 is 2.69 bits per heavy atom. The Hall–Kier alpha value is -0.340. The van der Waals surface area contributed by atoms with Crippen molar-refractivity contribution in [3.05, 3.63) is 11.1 Å². The predicted molar refractivity (Wildman–Crippen MR) is 55.7 cm³/mol. The maximum Gasteiger partial charge on any atom is 0.0183 e. The summed E-state index contributed by atoms with van der Waals surface area (Å²) >= 11 is 0. The van der Waals surface area contributed by atoms with E-state index in [-0.39, 0.29) is 0 Å². The Balaban J connectivity index is 1.62. The molecule has 2 fully saturated rings. The zero-order valence-electron chi connectivity index (χ0n) is 8.69. The van der Waals surface area contributed by atoms with E-state index in [1.807, 2.05) is 0 Å². The maximum absolute atomic E-state index is 3.54. The number of hydrogen-bond acceptors (Lipinski definition) is 2. The molecule has 1 saturated heterocycles. The molecule has 0 aromatic rings. The average Bonchev–Trinajstić information content (AvgIpc) is 2.62. The van der Waals surface area contributed by atoms with E-state index in [1.165, 1.54) is 13.0 Å². The van der Waals surface area contributed by atoms with Gasteiger partial charge in [0.1, 0.15) is 0 Å². The molecule has 2 N–H and O–H groups in total. The van der Waals surface area contributed by atoms with Crippen LogP contribution in [0.4, 0.5) is 0 Å². The van der Waals surface area contributed by atoms with Crippen molar-refractivity contribution in [3.63, 3.8) is 0 Å². The highest BCUT2D eigenvalue weighted by Crippen LogP contribution is 2.36. The Labute approximate surface area is 80.8 Å². The van der Waals surface area contributed by atoms with Gasteiger partial charge < -0.3 is 10.6 Å². The van der Waals surface area contributed by atoms with Gasteiger partial charge >= 0.3 is 0 Å². The summed E-state index contributed by atoms with van der Waals surface area (Å²) in [5.74, 6) is 1.95. The highest BCUT2D eigenvalue weighted by atomic mass is 14.9. The fraction of sp³-hybridized carbons (Fsp3) is 0.818. The molecule has 2 atom stereocenters. The lowest BCUT2D eigenvalue weighted by Gasteiger charge is -2.22. The van der Waals surface area contributed by atoms with Crippen LogP contribution in [0, 0.1) is 11.8 Å². The summed E-state index contributed by atoms with van der Waals surface area (Å²) in [7, 11) is 0. The average molecular weight is 180 g/mol. The zero-order chi connectivity index (χ0) is 9.26. The lowest BCUT2D eigenvalue weighted by atomic mass is 10.0. The highest BCUT2D eigenvalue weighted by molar-refractivity contribution is 5.22. The minimum atomic E-state index is 0.970. The van der Waals surface area contributed by atoms with Crippen LogP contribution in [0.25, 0.3) is 0 Å². The van der Waals surface area contributed by atoms with Crippen molar-refractivity contribution < 1.29 is 0 Å². The quantitative estimate of drug-likeness (QED) is 0.634. The van der Waals surface area contributed by atoms with Gasteiger partial charge in [0, 0.05) is 19.6 Å². The van der Waals surface area contributed by atoms with Crippen molar-refractivity contribution >= 4 is 0 Å². The van der Waals surface area contributed by atoms with Crippen LogP contribution in [0.2, 0.25) is 0 Å². The van der Waals surface area contributed by atoms with Crippen LogP contribution in [0.1, 0.15) is 20.3 Å². The third-order valence-electron chi connectivity index (χ3n) is 3.35. The number of rotatable bonds is 4. The molecule has 13 heavy (non-hydrogen) atoms. The minimum absolute atomic E-state index is 0.970. The molecule has 1 aliphatic carbocycles. The van der Waals surface area contributed by atoms with Crippen LogP contribution in [-0.4, -0.2) is 26.2 Å². The van der Waals surface area contributed by atoms with E-state index in [1.54, 1.807) is 11.1 Å². The van der Waals surface area contributed by atoms with E-state index in [4.69, 9.17) is 0 Å². The van der Waals surface area contributed by atoms with E-state index in [0.29, 0.717) is 0 Å². The summed E-state index contributed by atoms with van der Waals surface area (Å²) in [5.41, 5.74) is 3.16. The monoisotopic (exact) mass is 180 g/mol. The van der Waals surface area contributed by atoms with E-state index >= 15 is 0 Å². The first-order valence-electron chi connectivity index (χ1n) is 5.36. The summed E-state index contributed by atoms with van der Waals surface area (Å²) in [4.78, 5) is 0. The summed E-state index contributed by atoms with van der Waals surface area (Å²) < 4.78 is 0. The number of hydrogen-bond donors (Lipinski definition) is 2. The second kappa shape index (κ2) is 3.81. The molecule has 2 unspecified atom stereocenters. The Morgan fingerprint density at radius 1 is 1.54 bits per heavy atom. The fourth-order valence-electron chi connectivity index (χ4n) is 1.81. The maximum atomic E-state index is 3.54. The van der Waals surface area contributed by atoms with Crippen molar-refractivity contribution in [2.45, 2.75) is 20.3 Å². The first-order chi connectivity index (χ1) is 6.27. The lowest BCUT2D eigenvalue weighted by Crippen LogP contribution is -2.36. The molecule has 0 amide bonds. The van der Waals surface area contributed by atoms with Gasteiger partial charge in [0.15, 0.2) is 0 Å². The topological polar surface area (TPSA) is 24.1 Å². The van der Waals surface area contributed by atoms with E-state index in [0.717, 1.165) is 31.5 Å². The predicted octanol–water partition coefficient (Wildman–Crippen LogP) is 1.15. The van der Waals surface area contributed by atoms with Crippen molar-refractivity contribution in [2.75, 3.05) is 26.2 Å². The molecule has 2 rings (SSSR count). The van der Waals surface area contributed by atoms with Crippen LogP contribution >= 0.6 is 0 Å². The second-order valence-electron chi connectivity index (χ2n) is 4.59. The molecule has 0 aromatic heterocycles. The van der Waals surface area contributed by atoms with Crippen molar-refractivity contribution in [1.29, 1.82) is 0 Å². The van der Waals surface area contributed by atoms with Crippen LogP contribution in [-0.2, 0) is 0 Å². The zero-order valence-corrected chi connectivity index (χ0v) is 8.69. The minimum Gasteiger partial charge on any atom is -0.313 e. The van der Waals surface area contributed by atoms with Gasteiger partial charge in [0.05, 0.1) is 0 Å². The van der Waals surface area contributed by atoms with E-state index in [2.05, 4.69) is 24.5 Å². The van der Waals surface area contributed by atoms with Gasteiger partial charge in [0.2, 0.25) is 0 Å². The summed E-state index contributed by atoms with van der Waals surface area (Å²) in [6.45, 7) is 9.15. The molecule has 0 bridgehead atoms. The first-order valence-corrected chi connectivity index (χ1v) is 5.36. The largest absolute Gasteiger partial charge is 0.313 e. The van der Waals surface area contributed by atoms with E-state index in [9.17, 15) is 0 Å². The molecular formula is C11H20N2. The molecule has 2 aliphatic rings. The summed E-state index contributed by atoms with van der Waals surface area (Å²) in [6.07, 6.45) is 1.43. The number of nitrogens with one attached hydrogen (secondary N) is 2. The molecule has 0 aromatic carbocycles. The van der Waals surface area contributed by atoms with Gasteiger partial charge in [-0.1, -0.05) is 12.5 Å².